The predicted molar refractivity (Wildman–Crippen MR) is 81.5 cm³/mol. The molecule has 0 bridgehead atoms. The number of rotatable bonds is 4. The Morgan fingerprint density at radius 1 is 0.889 bits per heavy atom. The zero-order chi connectivity index (χ0) is 12.8. The molecule has 0 N–H and O–H groups in total. The molecule has 0 saturated carbocycles. The van der Waals surface area contributed by atoms with Crippen molar-refractivity contribution in [2.24, 2.45) is 5.11 Å². The van der Waals surface area contributed by atoms with Crippen molar-refractivity contribution in [2.75, 3.05) is 0 Å². The second-order valence-electron chi connectivity index (χ2n) is 3.87. The molecular weight excluding hydrogens is 337 g/mol. The molecule has 18 heavy (non-hydrogen) atoms. The van der Waals surface area contributed by atoms with Crippen LogP contribution >= 0.6 is 22.6 Å². The van der Waals surface area contributed by atoms with E-state index in [4.69, 9.17) is 5.53 Å². The van der Waals surface area contributed by atoms with E-state index >= 15 is 0 Å². The number of hydrogen-bond donors (Lipinski definition) is 0. The maximum Gasteiger partial charge on any atom is 0.0783 e. The molecule has 0 aliphatic rings. The van der Waals surface area contributed by atoms with E-state index in [-0.39, 0.29) is 9.97 Å². The maximum absolute atomic E-state index is 8.75. The van der Waals surface area contributed by atoms with Crippen molar-refractivity contribution in [1.29, 1.82) is 0 Å². The van der Waals surface area contributed by atoms with E-state index in [1.807, 2.05) is 48.5 Å². The van der Waals surface area contributed by atoms with Gasteiger partial charge in [-0.3, -0.25) is 0 Å². The quantitative estimate of drug-likeness (QED) is 0.239. The van der Waals surface area contributed by atoms with Crippen molar-refractivity contribution >= 4 is 22.6 Å². The molecule has 0 saturated heterocycles. The summed E-state index contributed by atoms with van der Waals surface area (Å²) in [6.07, 6.45) is 0. The first kappa shape index (κ1) is 12.9. The topological polar surface area (TPSA) is 48.8 Å². The molecule has 2 aromatic carbocycles. The molecule has 3 nitrogen and oxygen atoms in total. The number of benzene rings is 2. The molecule has 2 aromatic rings. The summed E-state index contributed by atoms with van der Waals surface area (Å²) in [6, 6.07) is 19.8. The lowest BCUT2D eigenvalue weighted by molar-refractivity contribution is 0.720. The fraction of sp³-hybridized carbons (Fsp3) is 0.143. The zero-order valence-electron chi connectivity index (χ0n) is 9.65. The summed E-state index contributed by atoms with van der Waals surface area (Å²) < 4.78 is 0.127. The van der Waals surface area contributed by atoms with Crippen molar-refractivity contribution in [2.45, 2.75) is 9.97 Å². The first-order chi connectivity index (χ1) is 8.83. The third-order valence-electron chi connectivity index (χ3n) is 2.71. The highest BCUT2D eigenvalue weighted by molar-refractivity contribution is 14.1. The Balaban J connectivity index is 2.35. The van der Waals surface area contributed by atoms with Crippen LogP contribution in [0.1, 0.15) is 21.1 Å². The van der Waals surface area contributed by atoms with E-state index in [0.717, 1.165) is 5.56 Å². The Kier molecular flexibility index (Phi) is 4.61. The molecule has 0 fully saturated rings. The second kappa shape index (κ2) is 6.42. The van der Waals surface area contributed by atoms with E-state index in [1.165, 1.54) is 5.56 Å². The number of halogens is 1. The summed E-state index contributed by atoms with van der Waals surface area (Å²) in [5.41, 5.74) is 11.0. The van der Waals surface area contributed by atoms with Crippen molar-refractivity contribution in [3.8, 4) is 0 Å². The second-order valence-corrected chi connectivity index (χ2v) is 5.21. The molecule has 4 heteroatoms. The maximum atomic E-state index is 8.75. The van der Waals surface area contributed by atoms with E-state index < -0.39 is 0 Å². The van der Waals surface area contributed by atoms with Crippen molar-refractivity contribution in [1.82, 2.24) is 0 Å². The number of nitrogens with zero attached hydrogens (tertiary/aromatic N) is 3. The van der Waals surface area contributed by atoms with Crippen molar-refractivity contribution < 1.29 is 0 Å². The molecule has 0 heterocycles. The summed E-state index contributed by atoms with van der Waals surface area (Å²) in [5.74, 6) is 0. The highest BCUT2D eigenvalue weighted by Crippen LogP contribution is 2.39. The predicted octanol–water partition coefficient (Wildman–Crippen LogP) is 5.21. The third-order valence-corrected chi connectivity index (χ3v) is 4.11. The van der Waals surface area contributed by atoms with Crippen LogP contribution in [0.15, 0.2) is 65.8 Å². The highest BCUT2D eigenvalue weighted by atomic mass is 127. The normalized spacial score (nSPS) is 13.4. The van der Waals surface area contributed by atoms with Gasteiger partial charge < -0.3 is 0 Å². The van der Waals surface area contributed by atoms with Gasteiger partial charge in [0.1, 0.15) is 0 Å². The van der Waals surface area contributed by atoms with Gasteiger partial charge in [-0.15, -0.1) is 0 Å². The lowest BCUT2D eigenvalue weighted by Gasteiger charge is -2.18. The summed E-state index contributed by atoms with van der Waals surface area (Å²) in [7, 11) is 0. The minimum Gasteiger partial charge on any atom is -0.0845 e. The van der Waals surface area contributed by atoms with Gasteiger partial charge in [0.05, 0.1) is 6.04 Å². The Hall–Kier alpha value is -1.52. The zero-order valence-corrected chi connectivity index (χ0v) is 11.8. The fourth-order valence-corrected chi connectivity index (χ4v) is 2.79. The number of azide groups is 1. The first-order valence-electron chi connectivity index (χ1n) is 5.61. The molecule has 90 valence electrons. The Morgan fingerprint density at radius 3 is 1.89 bits per heavy atom. The molecule has 0 unspecified atom stereocenters. The average molecular weight is 349 g/mol. The summed E-state index contributed by atoms with van der Waals surface area (Å²) in [5, 5.41) is 3.94. The van der Waals surface area contributed by atoms with Crippen LogP contribution in [-0.4, -0.2) is 0 Å². The summed E-state index contributed by atoms with van der Waals surface area (Å²) in [4.78, 5) is 2.98. The van der Waals surface area contributed by atoms with Crippen LogP contribution in [0, 0.1) is 0 Å². The van der Waals surface area contributed by atoms with E-state index in [0.29, 0.717) is 0 Å². The van der Waals surface area contributed by atoms with Gasteiger partial charge in [-0.05, 0) is 16.7 Å². The van der Waals surface area contributed by atoms with Crippen LogP contribution in [0.2, 0.25) is 0 Å². The van der Waals surface area contributed by atoms with Gasteiger partial charge in [0, 0.05) is 8.84 Å². The van der Waals surface area contributed by atoms with Gasteiger partial charge in [-0.1, -0.05) is 88.4 Å². The molecule has 0 spiro atoms. The van der Waals surface area contributed by atoms with Crippen LogP contribution < -0.4 is 0 Å². The van der Waals surface area contributed by atoms with Gasteiger partial charge in [0.2, 0.25) is 0 Å². The van der Waals surface area contributed by atoms with Gasteiger partial charge in [0.25, 0.3) is 0 Å². The minimum atomic E-state index is -0.181. The standard InChI is InChI=1S/C14H12IN3/c15-13(11-7-3-1-4-8-11)14(17-18-16)12-9-5-2-6-10-12/h1-10,13-14H/t13-,14-/m1/s1. The van der Waals surface area contributed by atoms with Gasteiger partial charge in [-0.25, -0.2) is 0 Å². The van der Waals surface area contributed by atoms with E-state index in [1.54, 1.807) is 0 Å². The average Bonchev–Trinajstić information content (AvgIpc) is 2.46. The largest absolute Gasteiger partial charge is 0.0845 e. The Morgan fingerprint density at radius 2 is 1.39 bits per heavy atom. The first-order valence-corrected chi connectivity index (χ1v) is 6.85. The molecule has 0 radical (unpaired) electrons. The Bertz CT molecular complexity index is 535. The molecule has 0 aliphatic carbocycles. The third kappa shape index (κ3) is 3.03. The van der Waals surface area contributed by atoms with Crippen LogP contribution in [0.25, 0.3) is 10.4 Å². The van der Waals surface area contributed by atoms with Crippen LogP contribution in [-0.2, 0) is 0 Å². The Labute approximate surface area is 120 Å². The summed E-state index contributed by atoms with van der Waals surface area (Å²) in [6.45, 7) is 0. The molecular formula is C14H12IN3. The number of hydrogen-bond acceptors (Lipinski definition) is 1. The molecule has 2 rings (SSSR count). The van der Waals surface area contributed by atoms with Crippen LogP contribution in [0.3, 0.4) is 0 Å². The van der Waals surface area contributed by atoms with E-state index in [2.05, 4.69) is 44.7 Å². The van der Waals surface area contributed by atoms with Gasteiger partial charge >= 0.3 is 0 Å². The van der Waals surface area contributed by atoms with E-state index in [9.17, 15) is 0 Å². The molecule has 0 aliphatic heterocycles. The lowest BCUT2D eigenvalue weighted by atomic mass is 10.00. The smallest absolute Gasteiger partial charge is 0.0783 e. The lowest BCUT2D eigenvalue weighted by Crippen LogP contribution is -2.02. The minimum absolute atomic E-state index is 0.127. The fourth-order valence-electron chi connectivity index (χ4n) is 1.82. The van der Waals surface area contributed by atoms with Gasteiger partial charge in [-0.2, -0.15) is 0 Å². The SMILES string of the molecule is [N-]=[N+]=N[C@H](c1ccccc1)[C@H](I)c1ccccc1. The number of alkyl halides is 1. The van der Waals surface area contributed by atoms with Gasteiger partial charge in [0.15, 0.2) is 0 Å². The van der Waals surface area contributed by atoms with Crippen LogP contribution in [0.4, 0.5) is 0 Å². The summed E-state index contributed by atoms with van der Waals surface area (Å²) >= 11 is 2.33. The molecule has 0 amide bonds. The molecule has 2 atom stereocenters. The van der Waals surface area contributed by atoms with Crippen molar-refractivity contribution in [3.63, 3.8) is 0 Å². The van der Waals surface area contributed by atoms with Crippen molar-refractivity contribution in [3.05, 3.63) is 82.2 Å². The monoisotopic (exact) mass is 349 g/mol. The van der Waals surface area contributed by atoms with Crippen LogP contribution in [0.5, 0.6) is 0 Å². The highest BCUT2D eigenvalue weighted by Gasteiger charge is 2.20. The molecule has 0 aromatic heterocycles.